The van der Waals surface area contributed by atoms with Gasteiger partial charge in [0.2, 0.25) is 0 Å². The number of Topliss-reactive ketones (excluding diaryl/α,β-unsaturated/α-hetero) is 1. The summed E-state index contributed by atoms with van der Waals surface area (Å²) in [4.78, 5) is 15.9. The molecule has 1 atom stereocenters. The van der Waals surface area contributed by atoms with Crippen molar-refractivity contribution >= 4 is 45.8 Å². The number of halogens is 1. The molecule has 0 amide bonds. The molecule has 6 heteroatoms. The highest BCUT2D eigenvalue weighted by atomic mass is 127. The number of thioether (sulfide) groups is 1. The van der Waals surface area contributed by atoms with E-state index in [4.69, 9.17) is 5.73 Å². The van der Waals surface area contributed by atoms with Gasteiger partial charge in [-0.2, -0.15) is 17.0 Å². The van der Waals surface area contributed by atoms with Crippen molar-refractivity contribution in [1.82, 2.24) is 0 Å². The van der Waals surface area contributed by atoms with Crippen molar-refractivity contribution < 1.29 is 4.79 Å². The SMILES string of the molecule is Cc1cc(CSCc2ccccc2)c(C)c(C2C(C#N)=C(N)N(c3ccc(I)cc3)C3=C2C(=O)CC(C)(C)C3)c1. The number of anilines is 1. The van der Waals surface area contributed by atoms with Gasteiger partial charge in [-0.25, -0.2) is 0 Å². The van der Waals surface area contributed by atoms with E-state index in [1.54, 1.807) is 0 Å². The highest BCUT2D eigenvalue weighted by Gasteiger charge is 2.45. The average Bonchev–Trinajstić information content (AvgIpc) is 2.90. The van der Waals surface area contributed by atoms with Gasteiger partial charge in [-0.1, -0.05) is 61.9 Å². The van der Waals surface area contributed by atoms with Crippen LogP contribution in [0.15, 0.2) is 89.4 Å². The van der Waals surface area contributed by atoms with Crippen LogP contribution < -0.4 is 10.6 Å². The predicted octanol–water partition coefficient (Wildman–Crippen LogP) is 8.28. The Kier molecular flexibility index (Phi) is 8.17. The number of aryl methyl sites for hydroxylation is 1. The fraction of sp³-hybridized carbons (Fsp3) is 0.294. The lowest BCUT2D eigenvalue weighted by atomic mass is 9.68. The summed E-state index contributed by atoms with van der Waals surface area (Å²) < 4.78 is 1.11. The topological polar surface area (TPSA) is 70.1 Å². The zero-order valence-corrected chi connectivity index (χ0v) is 26.4. The van der Waals surface area contributed by atoms with Crippen LogP contribution in [0.2, 0.25) is 0 Å². The van der Waals surface area contributed by atoms with Crippen LogP contribution in [0.1, 0.15) is 60.4 Å². The second-order valence-corrected chi connectivity index (χ2v) is 13.8. The maximum atomic E-state index is 14.0. The standard InChI is InChI=1S/C34H34IN3OS/c1-21-14-24(20-40-19-23-8-6-5-7-9-23)22(2)27(15-21)31-28(18-36)33(37)38(26-12-10-25(35)11-13-26)29-16-34(3,4)17-30(39)32(29)31/h5-15,31H,16-17,19-20,37H2,1-4H3. The molecule has 0 saturated heterocycles. The number of carbonyl (C=O) groups is 1. The van der Waals surface area contributed by atoms with Gasteiger partial charge >= 0.3 is 0 Å². The van der Waals surface area contributed by atoms with Crippen molar-refractivity contribution in [2.45, 2.75) is 58.0 Å². The van der Waals surface area contributed by atoms with Crippen LogP contribution in [0.4, 0.5) is 5.69 Å². The first-order valence-electron chi connectivity index (χ1n) is 13.5. The van der Waals surface area contributed by atoms with Crippen molar-refractivity contribution in [2.24, 2.45) is 11.1 Å². The molecule has 1 aliphatic heterocycles. The molecule has 40 heavy (non-hydrogen) atoms. The third-order valence-electron chi connectivity index (χ3n) is 7.85. The Labute approximate surface area is 255 Å². The molecule has 2 aliphatic rings. The van der Waals surface area contributed by atoms with E-state index in [1.165, 1.54) is 11.1 Å². The molecular formula is C34H34IN3OS. The summed E-state index contributed by atoms with van der Waals surface area (Å²) in [5.41, 5.74) is 15.4. The van der Waals surface area contributed by atoms with Gasteiger partial charge in [-0.3, -0.25) is 9.69 Å². The molecule has 1 heterocycles. The van der Waals surface area contributed by atoms with Crippen molar-refractivity contribution in [3.63, 3.8) is 0 Å². The molecule has 1 aliphatic carbocycles. The first-order valence-corrected chi connectivity index (χ1v) is 15.8. The minimum Gasteiger partial charge on any atom is -0.384 e. The van der Waals surface area contributed by atoms with Gasteiger partial charge in [0.05, 0.1) is 17.6 Å². The van der Waals surface area contributed by atoms with Gasteiger partial charge in [0.1, 0.15) is 5.82 Å². The Morgan fingerprint density at radius 1 is 1.05 bits per heavy atom. The fourth-order valence-corrected chi connectivity index (χ4v) is 7.38. The fourth-order valence-electron chi connectivity index (χ4n) is 5.97. The first-order chi connectivity index (χ1) is 19.1. The average molecular weight is 660 g/mol. The number of carbonyl (C=O) groups excluding carboxylic acids is 1. The van der Waals surface area contributed by atoms with E-state index in [-0.39, 0.29) is 11.2 Å². The number of hydrogen-bond acceptors (Lipinski definition) is 5. The zero-order valence-electron chi connectivity index (χ0n) is 23.4. The first kappa shape index (κ1) is 28.5. The van der Waals surface area contributed by atoms with Crippen LogP contribution in [-0.2, 0) is 16.3 Å². The minimum absolute atomic E-state index is 0.105. The van der Waals surface area contributed by atoms with Crippen molar-refractivity contribution in [2.75, 3.05) is 4.90 Å². The second kappa shape index (κ2) is 11.5. The van der Waals surface area contributed by atoms with Gasteiger partial charge in [0, 0.05) is 38.5 Å². The molecule has 3 aromatic carbocycles. The molecule has 0 aromatic heterocycles. The molecule has 1 unspecified atom stereocenters. The molecule has 5 rings (SSSR count). The van der Waals surface area contributed by atoms with Gasteiger partial charge in [0.25, 0.3) is 0 Å². The number of nitriles is 1. The lowest BCUT2D eigenvalue weighted by Gasteiger charge is -2.44. The second-order valence-electron chi connectivity index (χ2n) is 11.6. The van der Waals surface area contributed by atoms with Gasteiger partial charge in [-0.05, 0) is 94.8 Å². The number of rotatable bonds is 6. The number of benzene rings is 3. The summed E-state index contributed by atoms with van der Waals surface area (Å²) in [5, 5.41) is 10.5. The van der Waals surface area contributed by atoms with Crippen LogP contribution in [0.25, 0.3) is 0 Å². The van der Waals surface area contributed by atoms with Gasteiger partial charge in [-0.15, -0.1) is 0 Å². The van der Waals surface area contributed by atoms with E-state index in [0.717, 1.165) is 48.7 Å². The number of allylic oxidation sites excluding steroid dienone is 3. The molecule has 3 aromatic rings. The molecule has 2 N–H and O–H groups in total. The summed E-state index contributed by atoms with van der Waals surface area (Å²) in [5.74, 6) is 1.83. The highest BCUT2D eigenvalue weighted by molar-refractivity contribution is 14.1. The van der Waals surface area contributed by atoms with E-state index >= 15 is 0 Å². The molecule has 0 spiro atoms. The molecule has 204 valence electrons. The van der Waals surface area contributed by atoms with E-state index in [1.807, 2.05) is 47.0 Å². The van der Waals surface area contributed by atoms with E-state index < -0.39 is 5.92 Å². The third-order valence-corrected chi connectivity index (χ3v) is 9.62. The van der Waals surface area contributed by atoms with Gasteiger partial charge in [0.15, 0.2) is 5.78 Å². The predicted molar refractivity (Wildman–Crippen MR) is 174 cm³/mol. The number of ketones is 1. The third kappa shape index (κ3) is 5.59. The minimum atomic E-state index is -0.471. The molecule has 4 nitrogen and oxygen atoms in total. The number of nitrogens with zero attached hydrogens (tertiary/aromatic N) is 2. The molecule has 0 radical (unpaired) electrons. The largest absolute Gasteiger partial charge is 0.384 e. The van der Waals surface area contributed by atoms with Crippen LogP contribution >= 0.6 is 34.4 Å². The maximum Gasteiger partial charge on any atom is 0.162 e. The lowest BCUT2D eigenvalue weighted by molar-refractivity contribution is -0.118. The summed E-state index contributed by atoms with van der Waals surface area (Å²) >= 11 is 4.16. The Balaban J connectivity index is 1.62. The summed E-state index contributed by atoms with van der Waals surface area (Å²) in [6.07, 6.45) is 1.16. The maximum absolute atomic E-state index is 14.0. The van der Waals surface area contributed by atoms with E-state index in [9.17, 15) is 10.1 Å². The van der Waals surface area contributed by atoms with Crippen LogP contribution in [-0.4, -0.2) is 5.78 Å². The summed E-state index contributed by atoms with van der Waals surface area (Å²) in [7, 11) is 0. The smallest absolute Gasteiger partial charge is 0.162 e. The Morgan fingerprint density at radius 3 is 2.42 bits per heavy atom. The molecule has 0 saturated carbocycles. The van der Waals surface area contributed by atoms with Crippen LogP contribution in [0, 0.1) is 34.2 Å². The van der Waals surface area contributed by atoms with Crippen molar-refractivity contribution in [1.29, 1.82) is 5.26 Å². The zero-order chi connectivity index (χ0) is 28.6. The van der Waals surface area contributed by atoms with Crippen LogP contribution in [0.5, 0.6) is 0 Å². The molecular weight excluding hydrogens is 625 g/mol. The Morgan fingerprint density at radius 2 is 1.75 bits per heavy atom. The Bertz CT molecular complexity index is 1570. The van der Waals surface area contributed by atoms with Crippen LogP contribution in [0.3, 0.4) is 0 Å². The van der Waals surface area contributed by atoms with Crippen molar-refractivity contribution in [3.8, 4) is 6.07 Å². The Hall–Kier alpha value is -3.02. The van der Waals surface area contributed by atoms with E-state index in [0.29, 0.717) is 24.2 Å². The molecule has 0 fully saturated rings. The van der Waals surface area contributed by atoms with Crippen molar-refractivity contribution in [3.05, 3.63) is 121 Å². The molecule has 0 bridgehead atoms. The van der Waals surface area contributed by atoms with Gasteiger partial charge < -0.3 is 5.73 Å². The normalized spacial score (nSPS) is 18.6. The summed E-state index contributed by atoms with van der Waals surface area (Å²) in [6.45, 7) is 8.49. The quantitative estimate of drug-likeness (QED) is 0.270. The summed E-state index contributed by atoms with van der Waals surface area (Å²) in [6, 6.07) is 25.4. The highest BCUT2D eigenvalue weighted by Crippen LogP contribution is 2.51. The number of hydrogen-bond donors (Lipinski definition) is 1. The number of nitrogens with two attached hydrogens (primary N) is 1. The monoisotopic (exact) mass is 659 g/mol. The van der Waals surface area contributed by atoms with E-state index in [2.05, 4.69) is 92.8 Å². The lowest BCUT2D eigenvalue weighted by Crippen LogP contribution is -2.42.